The predicted octanol–water partition coefficient (Wildman–Crippen LogP) is 4.56. The Balaban J connectivity index is 2.14. The molecule has 0 aliphatic carbocycles. The van der Waals surface area contributed by atoms with Crippen LogP contribution in [0.3, 0.4) is 0 Å². The van der Waals surface area contributed by atoms with Gasteiger partial charge in [0.15, 0.2) is 0 Å². The number of aryl methyl sites for hydroxylation is 2. The first-order chi connectivity index (χ1) is 14.3. The Morgan fingerprint density at radius 1 is 1.07 bits per heavy atom. The van der Waals surface area contributed by atoms with Crippen LogP contribution in [0, 0.1) is 19.8 Å². The second-order valence-electron chi connectivity index (χ2n) is 7.79. The number of ether oxygens (including phenoxy) is 2. The Hall–Kier alpha value is -3.28. The molecule has 0 saturated carbocycles. The maximum absolute atomic E-state index is 13.0. The van der Waals surface area contributed by atoms with Gasteiger partial charge in [-0.05, 0) is 49.6 Å². The summed E-state index contributed by atoms with van der Waals surface area (Å²) in [5, 5.41) is 7.79. The van der Waals surface area contributed by atoms with Crippen LogP contribution in [-0.2, 0) is 0 Å². The first-order valence-electron chi connectivity index (χ1n) is 10.0. The van der Waals surface area contributed by atoms with Crippen LogP contribution in [0.25, 0.3) is 16.9 Å². The molecule has 0 radical (unpaired) electrons. The molecule has 0 fully saturated rings. The van der Waals surface area contributed by atoms with E-state index < -0.39 is 0 Å². The summed E-state index contributed by atoms with van der Waals surface area (Å²) in [6.07, 6.45) is 0. The number of carbonyl (C=O) groups excluding carboxylic acids is 1. The van der Waals surface area contributed by atoms with E-state index in [0.29, 0.717) is 35.3 Å². The van der Waals surface area contributed by atoms with Gasteiger partial charge >= 0.3 is 0 Å². The number of benzene rings is 2. The molecule has 3 aromatic rings. The van der Waals surface area contributed by atoms with Gasteiger partial charge in [-0.3, -0.25) is 4.79 Å². The van der Waals surface area contributed by atoms with Gasteiger partial charge in [-0.25, -0.2) is 4.68 Å². The van der Waals surface area contributed by atoms with E-state index in [4.69, 9.17) is 14.6 Å². The molecule has 6 nitrogen and oxygen atoms in total. The molecule has 6 heteroatoms. The fourth-order valence-corrected chi connectivity index (χ4v) is 3.30. The SMILES string of the molecule is COc1ccc(-c2cc(C(=O)NCC(C)C)n(-c3ccc(C)cc3C)n2)c(OC)c1. The van der Waals surface area contributed by atoms with Crippen molar-refractivity contribution in [2.75, 3.05) is 20.8 Å². The van der Waals surface area contributed by atoms with Crippen molar-refractivity contribution in [3.8, 4) is 28.4 Å². The zero-order valence-corrected chi connectivity index (χ0v) is 18.4. The van der Waals surface area contributed by atoms with Crippen LogP contribution in [-0.4, -0.2) is 36.5 Å². The van der Waals surface area contributed by atoms with Crippen LogP contribution in [0.15, 0.2) is 42.5 Å². The van der Waals surface area contributed by atoms with Crippen molar-refractivity contribution in [2.24, 2.45) is 5.92 Å². The number of nitrogens with zero attached hydrogens (tertiary/aromatic N) is 2. The highest BCUT2D eigenvalue weighted by Gasteiger charge is 2.20. The fraction of sp³-hybridized carbons (Fsp3) is 0.333. The summed E-state index contributed by atoms with van der Waals surface area (Å²) in [4.78, 5) is 13.0. The van der Waals surface area contributed by atoms with E-state index in [1.165, 1.54) is 0 Å². The largest absolute Gasteiger partial charge is 0.497 e. The normalized spacial score (nSPS) is 10.9. The summed E-state index contributed by atoms with van der Waals surface area (Å²) in [5.41, 5.74) is 5.00. The van der Waals surface area contributed by atoms with Crippen molar-refractivity contribution in [3.05, 3.63) is 59.3 Å². The Morgan fingerprint density at radius 2 is 1.83 bits per heavy atom. The van der Waals surface area contributed by atoms with Crippen molar-refractivity contribution in [1.29, 1.82) is 0 Å². The fourth-order valence-electron chi connectivity index (χ4n) is 3.30. The van der Waals surface area contributed by atoms with Crippen LogP contribution in [0.4, 0.5) is 0 Å². The van der Waals surface area contributed by atoms with Gasteiger partial charge in [0.1, 0.15) is 17.2 Å². The third kappa shape index (κ3) is 4.48. The van der Waals surface area contributed by atoms with Crippen molar-refractivity contribution < 1.29 is 14.3 Å². The smallest absolute Gasteiger partial charge is 0.270 e. The average molecular weight is 408 g/mol. The standard InChI is InChI=1S/C24H29N3O3/c1-15(2)14-25-24(28)22-13-20(19-9-8-18(29-5)12-23(19)30-6)26-27(22)21-10-7-16(3)11-17(21)4/h7-13,15H,14H2,1-6H3,(H,25,28). The lowest BCUT2D eigenvalue weighted by Gasteiger charge is -2.12. The summed E-state index contributed by atoms with van der Waals surface area (Å²) in [7, 11) is 3.22. The van der Waals surface area contributed by atoms with E-state index >= 15 is 0 Å². The van der Waals surface area contributed by atoms with Crippen molar-refractivity contribution in [2.45, 2.75) is 27.7 Å². The number of carbonyl (C=O) groups is 1. The van der Waals surface area contributed by atoms with Crippen LogP contribution in [0.2, 0.25) is 0 Å². The van der Waals surface area contributed by atoms with Gasteiger partial charge < -0.3 is 14.8 Å². The van der Waals surface area contributed by atoms with Crippen molar-refractivity contribution in [1.82, 2.24) is 15.1 Å². The number of rotatable bonds is 7. The summed E-state index contributed by atoms with van der Waals surface area (Å²) in [6, 6.07) is 13.5. The molecule has 158 valence electrons. The molecule has 0 aliphatic heterocycles. The summed E-state index contributed by atoms with van der Waals surface area (Å²) >= 11 is 0. The highest BCUT2D eigenvalue weighted by molar-refractivity contribution is 5.94. The third-order valence-corrected chi connectivity index (χ3v) is 4.88. The van der Waals surface area contributed by atoms with Crippen LogP contribution in [0.5, 0.6) is 11.5 Å². The number of hydrogen-bond acceptors (Lipinski definition) is 4. The molecule has 0 saturated heterocycles. The van der Waals surface area contributed by atoms with Crippen molar-refractivity contribution in [3.63, 3.8) is 0 Å². The Kier molecular flexibility index (Phi) is 6.45. The lowest BCUT2D eigenvalue weighted by Crippen LogP contribution is -2.29. The average Bonchev–Trinajstić information content (AvgIpc) is 3.16. The number of amides is 1. The van der Waals surface area contributed by atoms with Crippen molar-refractivity contribution >= 4 is 5.91 Å². The van der Waals surface area contributed by atoms with E-state index in [1.54, 1.807) is 25.0 Å². The zero-order chi connectivity index (χ0) is 21.8. The monoisotopic (exact) mass is 407 g/mol. The molecular weight excluding hydrogens is 378 g/mol. The van der Waals surface area contributed by atoms with E-state index in [9.17, 15) is 4.79 Å². The molecule has 0 unspecified atom stereocenters. The Morgan fingerprint density at radius 3 is 2.47 bits per heavy atom. The number of nitrogens with one attached hydrogen (secondary N) is 1. The molecule has 1 amide bonds. The maximum Gasteiger partial charge on any atom is 0.270 e. The van der Waals surface area contributed by atoms with Gasteiger partial charge in [0, 0.05) is 18.2 Å². The van der Waals surface area contributed by atoms with Crippen LogP contribution in [0.1, 0.15) is 35.5 Å². The minimum Gasteiger partial charge on any atom is -0.497 e. The first kappa shape index (κ1) is 21.4. The number of methoxy groups -OCH3 is 2. The second-order valence-corrected chi connectivity index (χ2v) is 7.79. The van der Waals surface area contributed by atoms with E-state index in [2.05, 4.69) is 25.2 Å². The van der Waals surface area contributed by atoms with Crippen LogP contribution < -0.4 is 14.8 Å². The minimum absolute atomic E-state index is 0.157. The minimum atomic E-state index is -0.157. The lowest BCUT2D eigenvalue weighted by molar-refractivity contribution is 0.0941. The molecule has 1 aromatic heterocycles. The number of aromatic nitrogens is 2. The molecule has 2 aromatic carbocycles. The zero-order valence-electron chi connectivity index (χ0n) is 18.4. The highest BCUT2D eigenvalue weighted by Crippen LogP contribution is 2.33. The molecule has 0 bridgehead atoms. The summed E-state index contributed by atoms with van der Waals surface area (Å²) < 4.78 is 12.6. The quantitative estimate of drug-likeness (QED) is 0.624. The van der Waals surface area contributed by atoms with E-state index in [0.717, 1.165) is 22.4 Å². The Labute approximate surface area is 177 Å². The van der Waals surface area contributed by atoms with E-state index in [-0.39, 0.29) is 5.91 Å². The lowest BCUT2D eigenvalue weighted by atomic mass is 10.1. The predicted molar refractivity (Wildman–Crippen MR) is 119 cm³/mol. The molecule has 1 N–H and O–H groups in total. The molecule has 30 heavy (non-hydrogen) atoms. The molecular formula is C24H29N3O3. The van der Waals surface area contributed by atoms with Gasteiger partial charge in [-0.2, -0.15) is 5.10 Å². The van der Waals surface area contributed by atoms with Gasteiger partial charge in [0.2, 0.25) is 0 Å². The van der Waals surface area contributed by atoms with Gasteiger partial charge in [-0.1, -0.05) is 31.5 Å². The summed E-state index contributed by atoms with van der Waals surface area (Å²) in [6.45, 7) is 8.79. The van der Waals surface area contributed by atoms with Gasteiger partial charge in [0.05, 0.1) is 25.6 Å². The van der Waals surface area contributed by atoms with Gasteiger partial charge in [-0.15, -0.1) is 0 Å². The third-order valence-electron chi connectivity index (χ3n) is 4.88. The number of hydrogen-bond donors (Lipinski definition) is 1. The molecule has 0 atom stereocenters. The Bertz CT molecular complexity index is 1050. The maximum atomic E-state index is 13.0. The summed E-state index contributed by atoms with van der Waals surface area (Å²) in [5.74, 6) is 1.52. The molecule has 3 rings (SSSR count). The molecule has 1 heterocycles. The molecule has 0 spiro atoms. The topological polar surface area (TPSA) is 65.4 Å². The second kappa shape index (κ2) is 9.03. The van der Waals surface area contributed by atoms with Crippen LogP contribution >= 0.6 is 0 Å². The highest BCUT2D eigenvalue weighted by atomic mass is 16.5. The first-order valence-corrected chi connectivity index (χ1v) is 10.0. The molecule has 0 aliphatic rings. The van der Waals surface area contributed by atoms with Gasteiger partial charge in [0.25, 0.3) is 5.91 Å². The van der Waals surface area contributed by atoms with E-state index in [1.807, 2.05) is 44.2 Å².